The number of fused-ring (bicyclic) bond motifs is 1. The number of carbonyl (C=O) groups is 1. The Balaban J connectivity index is 1.43. The lowest BCUT2D eigenvalue weighted by Gasteiger charge is -2.12. The van der Waals surface area contributed by atoms with Crippen molar-refractivity contribution in [1.29, 1.82) is 0 Å². The second-order valence-electron chi connectivity index (χ2n) is 9.36. The van der Waals surface area contributed by atoms with Crippen molar-refractivity contribution in [2.24, 2.45) is 0 Å². The number of carboxylic acids is 1. The number of rotatable bonds is 10. The van der Waals surface area contributed by atoms with Crippen molar-refractivity contribution < 1.29 is 32.5 Å². The average molecular weight is 563 g/mol. The lowest BCUT2D eigenvalue weighted by atomic mass is 10.0. The first-order valence-electron chi connectivity index (χ1n) is 12.6. The van der Waals surface area contributed by atoms with Crippen LogP contribution in [0.3, 0.4) is 0 Å². The number of ether oxygens (including phenoxy) is 2. The zero-order valence-corrected chi connectivity index (χ0v) is 22.2. The molecule has 1 N–H and O–H groups in total. The van der Waals surface area contributed by atoms with Gasteiger partial charge in [0.25, 0.3) is 0 Å². The van der Waals surface area contributed by atoms with E-state index in [2.05, 4.69) is 15.0 Å². The molecule has 210 valence electrons. The molecule has 5 rings (SSSR count). The number of imidazole rings is 1. The summed E-state index contributed by atoms with van der Waals surface area (Å²) in [7, 11) is 1.48. The second-order valence-corrected chi connectivity index (χ2v) is 9.36. The number of hydrogen-bond acceptors (Lipinski definition) is 6. The van der Waals surface area contributed by atoms with E-state index < -0.39 is 23.4 Å². The summed E-state index contributed by atoms with van der Waals surface area (Å²) < 4.78 is 57.8. The lowest BCUT2D eigenvalue weighted by Crippen LogP contribution is -2.10. The highest BCUT2D eigenvalue weighted by atomic mass is 19.1. The zero-order valence-electron chi connectivity index (χ0n) is 22.2. The third kappa shape index (κ3) is 6.04. The quantitative estimate of drug-likeness (QED) is 0.232. The van der Waals surface area contributed by atoms with E-state index in [0.717, 1.165) is 29.5 Å². The number of methoxy groups -OCH3 is 1. The van der Waals surface area contributed by atoms with Crippen LogP contribution >= 0.6 is 0 Å². The summed E-state index contributed by atoms with van der Waals surface area (Å²) in [4.78, 5) is 24.3. The van der Waals surface area contributed by atoms with Crippen LogP contribution in [0.15, 0.2) is 60.8 Å². The second kappa shape index (κ2) is 11.8. The van der Waals surface area contributed by atoms with E-state index in [1.54, 1.807) is 29.0 Å². The molecule has 0 bridgehead atoms. The molecule has 3 heterocycles. The van der Waals surface area contributed by atoms with Crippen molar-refractivity contribution in [2.75, 3.05) is 13.7 Å². The SMILES string of the molecule is COCCn1c(Cc2cc(F)c(-c3cccc(OCc4ccc(C)nc4)n3)cc2F)nc2c(F)cc(C(=O)O)cc21. The van der Waals surface area contributed by atoms with Crippen LogP contribution in [0.25, 0.3) is 22.3 Å². The standard InChI is InChI=1S/C30H25F3N4O4/c1-17-6-7-18(15-34-17)16-41-28-5-3-4-25(35-28)21-14-22(31)19(10-23(21)32)13-27-36-29-24(33)11-20(30(38)39)12-26(29)37(27)8-9-40-2/h3-7,10-12,14-15H,8-9,13,16H2,1-2H3,(H,38,39). The van der Waals surface area contributed by atoms with E-state index in [9.17, 15) is 14.3 Å². The van der Waals surface area contributed by atoms with Crippen molar-refractivity contribution in [3.05, 3.63) is 106 Å². The topological polar surface area (TPSA) is 99.4 Å². The van der Waals surface area contributed by atoms with Crippen LogP contribution in [-0.4, -0.2) is 44.3 Å². The number of aromatic carboxylic acids is 1. The smallest absolute Gasteiger partial charge is 0.335 e. The molecule has 0 spiro atoms. The molecule has 3 aromatic heterocycles. The number of benzene rings is 2. The van der Waals surface area contributed by atoms with Gasteiger partial charge in [-0.3, -0.25) is 4.98 Å². The maximum atomic E-state index is 15.3. The van der Waals surface area contributed by atoms with E-state index in [-0.39, 0.29) is 71.3 Å². The van der Waals surface area contributed by atoms with Gasteiger partial charge in [0.2, 0.25) is 5.88 Å². The van der Waals surface area contributed by atoms with Crippen LogP contribution in [0.2, 0.25) is 0 Å². The number of pyridine rings is 2. The molecular weight excluding hydrogens is 537 g/mol. The molecule has 0 aliphatic heterocycles. The third-order valence-corrected chi connectivity index (χ3v) is 6.50. The molecule has 0 amide bonds. The Morgan fingerprint density at radius 1 is 1.00 bits per heavy atom. The predicted octanol–water partition coefficient (Wildman–Crippen LogP) is 5.73. The molecule has 0 aliphatic carbocycles. The van der Waals surface area contributed by atoms with Gasteiger partial charge in [0.05, 0.1) is 23.4 Å². The van der Waals surface area contributed by atoms with E-state index in [1.165, 1.54) is 13.2 Å². The molecular formula is C30H25F3N4O4. The number of hydrogen-bond donors (Lipinski definition) is 1. The molecule has 0 saturated carbocycles. The van der Waals surface area contributed by atoms with Crippen molar-refractivity contribution in [1.82, 2.24) is 19.5 Å². The monoisotopic (exact) mass is 562 g/mol. The number of halogens is 3. The lowest BCUT2D eigenvalue weighted by molar-refractivity contribution is 0.0696. The van der Waals surface area contributed by atoms with Gasteiger partial charge in [0.1, 0.15) is 29.6 Å². The van der Waals surface area contributed by atoms with Crippen LogP contribution in [-0.2, 0) is 24.3 Å². The highest BCUT2D eigenvalue weighted by Gasteiger charge is 2.20. The van der Waals surface area contributed by atoms with E-state index in [1.807, 2.05) is 19.1 Å². The van der Waals surface area contributed by atoms with Gasteiger partial charge in [0.15, 0.2) is 5.82 Å². The fourth-order valence-electron chi connectivity index (χ4n) is 4.40. The Hall–Kier alpha value is -4.77. The van der Waals surface area contributed by atoms with Gasteiger partial charge in [-0.05, 0) is 48.9 Å². The first-order chi connectivity index (χ1) is 19.7. The van der Waals surface area contributed by atoms with Crippen molar-refractivity contribution in [3.8, 4) is 17.1 Å². The molecule has 0 unspecified atom stereocenters. The zero-order chi connectivity index (χ0) is 29.1. The molecule has 0 saturated heterocycles. The normalized spacial score (nSPS) is 11.2. The van der Waals surface area contributed by atoms with Crippen LogP contribution in [0.4, 0.5) is 13.2 Å². The molecule has 8 nitrogen and oxygen atoms in total. The Morgan fingerprint density at radius 3 is 2.56 bits per heavy atom. The van der Waals surface area contributed by atoms with Crippen molar-refractivity contribution >= 4 is 17.0 Å². The Labute approximate surface area is 233 Å². The molecule has 2 aromatic carbocycles. The summed E-state index contributed by atoms with van der Waals surface area (Å²) in [5.74, 6) is -3.09. The number of aromatic nitrogens is 4. The Kier molecular flexibility index (Phi) is 7.97. The van der Waals surface area contributed by atoms with Gasteiger partial charge in [-0.2, -0.15) is 0 Å². The van der Waals surface area contributed by atoms with Crippen LogP contribution in [0, 0.1) is 24.4 Å². The molecule has 0 fully saturated rings. The Bertz CT molecular complexity index is 1740. The number of carboxylic acid groups (broad SMARTS) is 1. The first kappa shape index (κ1) is 27.8. The average Bonchev–Trinajstić information content (AvgIpc) is 3.30. The minimum atomic E-state index is -1.30. The van der Waals surface area contributed by atoms with Crippen molar-refractivity contribution in [3.63, 3.8) is 0 Å². The third-order valence-electron chi connectivity index (χ3n) is 6.50. The van der Waals surface area contributed by atoms with Gasteiger partial charge in [-0.15, -0.1) is 0 Å². The maximum Gasteiger partial charge on any atom is 0.335 e. The van der Waals surface area contributed by atoms with Gasteiger partial charge in [-0.1, -0.05) is 12.1 Å². The number of aryl methyl sites for hydroxylation is 1. The largest absolute Gasteiger partial charge is 0.478 e. The number of nitrogens with zero attached hydrogens (tertiary/aromatic N) is 4. The van der Waals surface area contributed by atoms with Gasteiger partial charge >= 0.3 is 5.97 Å². The van der Waals surface area contributed by atoms with Gasteiger partial charge in [0, 0.05) is 49.2 Å². The Morgan fingerprint density at radius 2 is 1.83 bits per heavy atom. The summed E-state index contributed by atoms with van der Waals surface area (Å²) in [5, 5.41) is 9.35. The summed E-state index contributed by atoms with van der Waals surface area (Å²) >= 11 is 0. The fourth-order valence-corrected chi connectivity index (χ4v) is 4.40. The summed E-state index contributed by atoms with van der Waals surface area (Å²) in [6.45, 7) is 2.49. The fraction of sp³-hybridized carbons (Fsp3) is 0.200. The van der Waals surface area contributed by atoms with Crippen LogP contribution < -0.4 is 4.74 Å². The molecule has 0 aliphatic rings. The molecule has 11 heteroatoms. The highest BCUT2D eigenvalue weighted by Crippen LogP contribution is 2.29. The van der Waals surface area contributed by atoms with E-state index in [0.29, 0.717) is 0 Å². The van der Waals surface area contributed by atoms with Crippen molar-refractivity contribution in [2.45, 2.75) is 26.5 Å². The molecule has 0 radical (unpaired) electrons. The summed E-state index contributed by atoms with van der Waals surface area (Å²) in [6.07, 6.45) is 1.51. The summed E-state index contributed by atoms with van der Waals surface area (Å²) in [5.41, 5.74) is 1.72. The molecule has 5 aromatic rings. The minimum Gasteiger partial charge on any atom is -0.478 e. The van der Waals surface area contributed by atoms with E-state index >= 15 is 8.78 Å². The molecule has 41 heavy (non-hydrogen) atoms. The maximum absolute atomic E-state index is 15.3. The predicted molar refractivity (Wildman–Crippen MR) is 144 cm³/mol. The van der Waals surface area contributed by atoms with E-state index in [4.69, 9.17) is 9.47 Å². The molecule has 0 atom stereocenters. The van der Waals surface area contributed by atoms with Gasteiger partial charge in [-0.25, -0.2) is 27.9 Å². The van der Waals surface area contributed by atoms with Gasteiger partial charge < -0.3 is 19.1 Å². The minimum absolute atomic E-state index is 0.0154. The first-order valence-corrected chi connectivity index (χ1v) is 12.6. The summed E-state index contributed by atoms with van der Waals surface area (Å²) in [6, 6.07) is 12.8. The van der Waals surface area contributed by atoms with Crippen LogP contribution in [0.1, 0.15) is 33.0 Å². The highest BCUT2D eigenvalue weighted by molar-refractivity contribution is 5.92. The van der Waals surface area contributed by atoms with Crippen LogP contribution in [0.5, 0.6) is 5.88 Å².